The van der Waals surface area contributed by atoms with Crippen molar-refractivity contribution in [2.24, 2.45) is 5.92 Å². The van der Waals surface area contributed by atoms with Gasteiger partial charge in [-0.1, -0.05) is 95.4 Å². The van der Waals surface area contributed by atoms with Gasteiger partial charge in [0.1, 0.15) is 0 Å². The van der Waals surface area contributed by atoms with Crippen molar-refractivity contribution in [3.8, 4) is 0 Å². The highest BCUT2D eigenvalue weighted by Crippen LogP contribution is 2.16. The van der Waals surface area contributed by atoms with Crippen molar-refractivity contribution in [2.75, 3.05) is 6.61 Å². The maximum Gasteiger partial charge on any atom is 0.306 e. The van der Waals surface area contributed by atoms with Crippen LogP contribution in [0.1, 0.15) is 124 Å². The van der Waals surface area contributed by atoms with E-state index in [0.717, 1.165) is 25.7 Å². The number of carbonyl (C=O) groups is 1. The zero-order valence-electron chi connectivity index (χ0n) is 20.2. The summed E-state index contributed by atoms with van der Waals surface area (Å²) in [5.41, 5.74) is 0. The molecule has 0 aromatic rings. The molecular formula is C27H50O3. The number of rotatable bonds is 21. The molecule has 0 radical (unpaired) electrons. The summed E-state index contributed by atoms with van der Waals surface area (Å²) < 4.78 is 5.01. The molecule has 0 saturated heterocycles. The highest BCUT2D eigenvalue weighted by Gasteiger charge is 2.09. The monoisotopic (exact) mass is 422 g/mol. The van der Waals surface area contributed by atoms with Crippen LogP contribution in [0, 0.1) is 5.92 Å². The highest BCUT2D eigenvalue weighted by atomic mass is 16.5. The number of aliphatic hydroxyl groups excluding tert-OH is 1. The standard InChI is InChI=1S/C27H50O3/c1-4-30-27(29)24-25(2)22-20-18-16-14-12-10-8-6-5-7-9-11-13-15-17-19-21-23-26(3)28/h11,13,19,21,25-26,28H,4-10,12,14-18,20,22-24H2,1-3H3/b13-11+,21-19+/t25-,26-/m1/s1. The fourth-order valence-corrected chi connectivity index (χ4v) is 3.61. The number of unbranched alkanes of at least 4 members (excludes halogenated alkanes) is 11. The van der Waals surface area contributed by atoms with Crippen molar-refractivity contribution in [3.05, 3.63) is 24.3 Å². The average Bonchev–Trinajstić information content (AvgIpc) is 2.69. The molecule has 0 heterocycles. The molecule has 0 bridgehead atoms. The number of aliphatic hydroxyl groups is 1. The number of carbonyl (C=O) groups excluding carboxylic acids is 1. The summed E-state index contributed by atoms with van der Waals surface area (Å²) in [6.07, 6.45) is 28.0. The minimum absolute atomic E-state index is 0.0431. The molecule has 0 aliphatic carbocycles. The normalized spacial score (nSPS) is 13.9. The molecule has 0 aromatic carbocycles. The van der Waals surface area contributed by atoms with Crippen molar-refractivity contribution >= 4 is 5.97 Å². The van der Waals surface area contributed by atoms with Crippen molar-refractivity contribution in [2.45, 2.75) is 130 Å². The van der Waals surface area contributed by atoms with E-state index in [9.17, 15) is 4.79 Å². The van der Waals surface area contributed by atoms with Crippen LogP contribution in [-0.4, -0.2) is 23.8 Å². The Morgan fingerprint density at radius 2 is 1.27 bits per heavy atom. The minimum atomic E-state index is -0.221. The van der Waals surface area contributed by atoms with Crippen LogP contribution in [0.25, 0.3) is 0 Å². The Hall–Kier alpha value is -1.09. The van der Waals surface area contributed by atoms with E-state index in [1.54, 1.807) is 0 Å². The van der Waals surface area contributed by atoms with Crippen LogP contribution in [0.4, 0.5) is 0 Å². The number of allylic oxidation sites excluding steroid dienone is 3. The molecule has 0 fully saturated rings. The number of hydrogen-bond donors (Lipinski definition) is 1. The van der Waals surface area contributed by atoms with E-state index in [4.69, 9.17) is 9.84 Å². The second-order valence-electron chi connectivity index (χ2n) is 8.83. The highest BCUT2D eigenvalue weighted by molar-refractivity contribution is 5.69. The largest absolute Gasteiger partial charge is 0.466 e. The van der Waals surface area contributed by atoms with Crippen LogP contribution in [0.3, 0.4) is 0 Å². The predicted molar refractivity (Wildman–Crippen MR) is 130 cm³/mol. The van der Waals surface area contributed by atoms with E-state index in [1.165, 1.54) is 70.6 Å². The Morgan fingerprint density at radius 1 is 0.767 bits per heavy atom. The molecule has 30 heavy (non-hydrogen) atoms. The van der Waals surface area contributed by atoms with Gasteiger partial charge >= 0.3 is 5.97 Å². The lowest BCUT2D eigenvalue weighted by atomic mass is 9.99. The van der Waals surface area contributed by atoms with Crippen molar-refractivity contribution in [1.82, 2.24) is 0 Å². The van der Waals surface area contributed by atoms with Crippen LogP contribution >= 0.6 is 0 Å². The van der Waals surface area contributed by atoms with Gasteiger partial charge in [-0.25, -0.2) is 0 Å². The Bertz CT molecular complexity index is 426. The van der Waals surface area contributed by atoms with E-state index < -0.39 is 0 Å². The molecule has 1 N–H and O–H groups in total. The molecule has 176 valence electrons. The number of hydrogen-bond acceptors (Lipinski definition) is 3. The van der Waals surface area contributed by atoms with E-state index >= 15 is 0 Å². The molecule has 0 aliphatic heterocycles. The molecule has 2 atom stereocenters. The minimum Gasteiger partial charge on any atom is -0.466 e. The maximum absolute atomic E-state index is 11.4. The predicted octanol–water partition coefficient (Wildman–Crippen LogP) is 7.92. The van der Waals surface area contributed by atoms with Gasteiger partial charge in [0.05, 0.1) is 12.7 Å². The van der Waals surface area contributed by atoms with Crippen LogP contribution in [0.2, 0.25) is 0 Å². The third kappa shape index (κ3) is 23.2. The van der Waals surface area contributed by atoms with Gasteiger partial charge in [0.25, 0.3) is 0 Å². The van der Waals surface area contributed by atoms with Gasteiger partial charge < -0.3 is 9.84 Å². The number of ether oxygens (including phenoxy) is 1. The van der Waals surface area contributed by atoms with Crippen molar-refractivity contribution < 1.29 is 14.6 Å². The molecule has 0 aromatic heterocycles. The van der Waals surface area contributed by atoms with Gasteiger partial charge in [-0.3, -0.25) is 4.79 Å². The van der Waals surface area contributed by atoms with Crippen LogP contribution in [0.15, 0.2) is 24.3 Å². The fourth-order valence-electron chi connectivity index (χ4n) is 3.61. The number of esters is 1. The second-order valence-corrected chi connectivity index (χ2v) is 8.83. The Kier molecular flexibility index (Phi) is 21.8. The first-order chi connectivity index (χ1) is 14.6. The molecule has 0 spiro atoms. The summed E-state index contributed by atoms with van der Waals surface area (Å²) in [6, 6.07) is 0. The first kappa shape index (κ1) is 28.9. The third-order valence-corrected chi connectivity index (χ3v) is 5.45. The van der Waals surface area contributed by atoms with Gasteiger partial charge in [0.2, 0.25) is 0 Å². The van der Waals surface area contributed by atoms with Crippen LogP contribution in [0.5, 0.6) is 0 Å². The molecule has 0 rings (SSSR count). The van der Waals surface area contributed by atoms with E-state index in [2.05, 4.69) is 31.2 Å². The summed E-state index contributed by atoms with van der Waals surface area (Å²) in [6.45, 7) is 6.34. The molecule has 0 aliphatic rings. The smallest absolute Gasteiger partial charge is 0.306 e. The van der Waals surface area contributed by atoms with Crippen LogP contribution < -0.4 is 0 Å². The summed E-state index contributed by atoms with van der Waals surface area (Å²) >= 11 is 0. The molecule has 0 unspecified atom stereocenters. The van der Waals surface area contributed by atoms with Gasteiger partial charge in [0.15, 0.2) is 0 Å². The summed E-state index contributed by atoms with van der Waals surface area (Å²) in [4.78, 5) is 11.4. The van der Waals surface area contributed by atoms with Gasteiger partial charge in [-0.15, -0.1) is 0 Å². The molecule has 3 nitrogen and oxygen atoms in total. The summed E-state index contributed by atoms with van der Waals surface area (Å²) in [7, 11) is 0. The quantitative estimate of drug-likeness (QED) is 0.116. The summed E-state index contributed by atoms with van der Waals surface area (Å²) in [5, 5.41) is 9.16. The van der Waals surface area contributed by atoms with Gasteiger partial charge in [-0.05, 0) is 51.9 Å². The summed E-state index contributed by atoms with van der Waals surface area (Å²) in [5.74, 6) is 0.412. The average molecular weight is 423 g/mol. The zero-order chi connectivity index (χ0) is 22.3. The van der Waals surface area contributed by atoms with Gasteiger partial charge in [-0.2, -0.15) is 0 Å². The third-order valence-electron chi connectivity index (χ3n) is 5.45. The first-order valence-corrected chi connectivity index (χ1v) is 12.7. The lowest BCUT2D eigenvalue weighted by Gasteiger charge is -2.10. The van der Waals surface area contributed by atoms with Gasteiger partial charge in [0, 0.05) is 6.42 Å². The molecule has 0 amide bonds. The maximum atomic E-state index is 11.4. The first-order valence-electron chi connectivity index (χ1n) is 12.7. The molecule has 0 saturated carbocycles. The fraction of sp³-hybridized carbons (Fsp3) is 0.815. The lowest BCUT2D eigenvalue weighted by molar-refractivity contribution is -0.144. The topological polar surface area (TPSA) is 46.5 Å². The van der Waals surface area contributed by atoms with Crippen molar-refractivity contribution in [3.63, 3.8) is 0 Å². The van der Waals surface area contributed by atoms with E-state index in [0.29, 0.717) is 18.9 Å². The molecule has 3 heteroatoms. The SMILES string of the molecule is CCOC(=O)C[C@H](C)CCCCCCCCCCCC/C=C/CC/C=C/C[C@@H](C)O. The van der Waals surface area contributed by atoms with Crippen LogP contribution in [-0.2, 0) is 9.53 Å². The van der Waals surface area contributed by atoms with E-state index in [-0.39, 0.29) is 12.1 Å². The van der Waals surface area contributed by atoms with E-state index in [1.807, 2.05) is 13.8 Å². The lowest BCUT2D eigenvalue weighted by Crippen LogP contribution is -2.09. The molecular weight excluding hydrogens is 372 g/mol. The Balaban J connectivity index is 3.25. The second kappa shape index (κ2) is 22.6. The Labute approximate surface area is 187 Å². The zero-order valence-corrected chi connectivity index (χ0v) is 20.2. The Morgan fingerprint density at radius 3 is 1.83 bits per heavy atom. The van der Waals surface area contributed by atoms with Crippen molar-refractivity contribution in [1.29, 1.82) is 0 Å².